The van der Waals surface area contributed by atoms with Crippen LogP contribution < -0.4 is 10.6 Å². The molecule has 2 heterocycles. The van der Waals surface area contributed by atoms with Gasteiger partial charge in [0.25, 0.3) is 0 Å². The maximum Gasteiger partial charge on any atom is 0.244 e. The van der Waals surface area contributed by atoms with Gasteiger partial charge in [-0.15, -0.1) is 12.4 Å². The van der Waals surface area contributed by atoms with Crippen LogP contribution in [0, 0.1) is 0 Å². The summed E-state index contributed by atoms with van der Waals surface area (Å²) in [5, 5.41) is 0. The molecule has 2 aliphatic rings. The lowest BCUT2D eigenvalue weighted by Crippen LogP contribution is -2.46. The van der Waals surface area contributed by atoms with Crippen LogP contribution in [0.25, 0.3) is 0 Å². The van der Waals surface area contributed by atoms with Crippen LogP contribution in [0.15, 0.2) is 54.6 Å². The van der Waals surface area contributed by atoms with E-state index in [0.29, 0.717) is 5.92 Å². The largest absolute Gasteiger partial charge is 0.326 e. The highest BCUT2D eigenvalue weighted by Crippen LogP contribution is 2.31. The summed E-state index contributed by atoms with van der Waals surface area (Å²) in [5.74, 6) is 0.480. The Labute approximate surface area is 161 Å². The zero-order valence-electron chi connectivity index (χ0n) is 15.0. The Morgan fingerprint density at radius 1 is 1.08 bits per heavy atom. The van der Waals surface area contributed by atoms with Crippen LogP contribution in [0.1, 0.15) is 24.0 Å². The summed E-state index contributed by atoms with van der Waals surface area (Å²) in [6, 6.07) is 18.6. The van der Waals surface area contributed by atoms with E-state index >= 15 is 0 Å². The summed E-state index contributed by atoms with van der Waals surface area (Å²) >= 11 is 0. The third-order valence-corrected chi connectivity index (χ3v) is 5.68. The number of amides is 1. The lowest BCUT2D eigenvalue weighted by atomic mass is 9.95. The van der Waals surface area contributed by atoms with Gasteiger partial charge in [-0.1, -0.05) is 48.5 Å². The van der Waals surface area contributed by atoms with Crippen molar-refractivity contribution in [2.75, 3.05) is 24.5 Å². The van der Waals surface area contributed by atoms with Gasteiger partial charge in [-0.05, 0) is 30.5 Å². The molecule has 1 amide bonds. The van der Waals surface area contributed by atoms with Gasteiger partial charge in [0.15, 0.2) is 0 Å². The van der Waals surface area contributed by atoms with Crippen molar-refractivity contribution in [2.24, 2.45) is 5.73 Å². The van der Waals surface area contributed by atoms with Gasteiger partial charge in [0.2, 0.25) is 5.91 Å². The zero-order chi connectivity index (χ0) is 17.4. The van der Waals surface area contributed by atoms with E-state index in [9.17, 15) is 4.79 Å². The Morgan fingerprint density at radius 3 is 2.54 bits per heavy atom. The Morgan fingerprint density at radius 2 is 1.77 bits per heavy atom. The van der Waals surface area contributed by atoms with Crippen LogP contribution in [0.3, 0.4) is 0 Å². The zero-order valence-corrected chi connectivity index (χ0v) is 15.9. The first-order valence-electron chi connectivity index (χ1n) is 9.09. The van der Waals surface area contributed by atoms with Gasteiger partial charge in [0, 0.05) is 37.3 Å². The molecule has 2 aromatic carbocycles. The standard InChI is InChI=1S/C21H25N3O.ClH/c1-15(21(25)24-12-11-17-9-5-6-10-20(17)24)23-13-18(19(22)14-23)16-7-3-2-4-8-16;/h2-10,15,18-19H,11-14,22H2,1H3;1H/t15?,18-,19+;/m0./s1. The van der Waals surface area contributed by atoms with Crippen molar-refractivity contribution in [3.05, 3.63) is 65.7 Å². The fourth-order valence-corrected chi connectivity index (χ4v) is 4.18. The third-order valence-electron chi connectivity index (χ3n) is 5.68. The number of rotatable bonds is 3. The molecule has 4 rings (SSSR count). The van der Waals surface area contributed by atoms with E-state index in [0.717, 1.165) is 31.7 Å². The van der Waals surface area contributed by atoms with Crippen LogP contribution in [0.2, 0.25) is 0 Å². The molecule has 2 aromatic rings. The molecule has 1 unspecified atom stereocenters. The summed E-state index contributed by atoms with van der Waals surface area (Å²) in [5.41, 5.74) is 10.0. The molecule has 2 aliphatic heterocycles. The van der Waals surface area contributed by atoms with E-state index in [-0.39, 0.29) is 30.4 Å². The molecule has 3 atom stereocenters. The second-order valence-electron chi connectivity index (χ2n) is 7.18. The van der Waals surface area contributed by atoms with Crippen molar-refractivity contribution in [1.29, 1.82) is 0 Å². The average Bonchev–Trinajstić information content (AvgIpc) is 3.25. The van der Waals surface area contributed by atoms with E-state index in [2.05, 4.69) is 41.3 Å². The summed E-state index contributed by atoms with van der Waals surface area (Å²) in [6.07, 6.45) is 0.945. The summed E-state index contributed by atoms with van der Waals surface area (Å²) in [6.45, 7) is 4.41. The summed E-state index contributed by atoms with van der Waals surface area (Å²) < 4.78 is 0. The van der Waals surface area contributed by atoms with Crippen molar-refractivity contribution >= 4 is 24.0 Å². The number of nitrogens with two attached hydrogens (primary N) is 1. The number of hydrogen-bond donors (Lipinski definition) is 1. The molecule has 0 spiro atoms. The van der Waals surface area contributed by atoms with Crippen LogP contribution in [-0.4, -0.2) is 42.5 Å². The van der Waals surface area contributed by atoms with E-state index in [4.69, 9.17) is 5.73 Å². The first-order valence-corrected chi connectivity index (χ1v) is 9.09. The van der Waals surface area contributed by atoms with Crippen molar-refractivity contribution < 1.29 is 4.79 Å². The first-order chi connectivity index (χ1) is 12.1. The van der Waals surface area contributed by atoms with E-state index in [1.165, 1.54) is 11.1 Å². The van der Waals surface area contributed by atoms with Crippen LogP contribution >= 0.6 is 12.4 Å². The molecule has 0 saturated carbocycles. The molecule has 5 heteroatoms. The van der Waals surface area contributed by atoms with E-state index in [1.807, 2.05) is 30.0 Å². The Kier molecular flexibility index (Phi) is 5.66. The quantitative estimate of drug-likeness (QED) is 0.902. The SMILES string of the molecule is CC(C(=O)N1CCc2ccccc21)N1C[C@@H](N)[C@H](c2ccccc2)C1.Cl. The van der Waals surface area contributed by atoms with Gasteiger partial charge < -0.3 is 10.6 Å². The predicted molar refractivity (Wildman–Crippen MR) is 108 cm³/mol. The molecular weight excluding hydrogens is 346 g/mol. The topological polar surface area (TPSA) is 49.6 Å². The molecule has 1 saturated heterocycles. The molecule has 0 bridgehead atoms. The molecule has 26 heavy (non-hydrogen) atoms. The van der Waals surface area contributed by atoms with E-state index in [1.54, 1.807) is 0 Å². The molecule has 0 radical (unpaired) electrons. The molecule has 1 fully saturated rings. The number of likely N-dealkylation sites (tertiary alicyclic amines) is 1. The second-order valence-corrected chi connectivity index (χ2v) is 7.18. The minimum absolute atomic E-state index is 0. The monoisotopic (exact) mass is 371 g/mol. The Bertz CT molecular complexity index is 767. The number of para-hydroxylation sites is 1. The van der Waals surface area contributed by atoms with Crippen molar-refractivity contribution in [3.8, 4) is 0 Å². The average molecular weight is 372 g/mol. The number of hydrogen-bond acceptors (Lipinski definition) is 3. The van der Waals surface area contributed by atoms with Crippen LogP contribution in [-0.2, 0) is 11.2 Å². The predicted octanol–water partition coefficient (Wildman–Crippen LogP) is 2.81. The van der Waals surface area contributed by atoms with Gasteiger partial charge in [0.05, 0.1) is 6.04 Å². The molecule has 4 nitrogen and oxygen atoms in total. The normalized spacial score (nSPS) is 23.4. The first kappa shape index (κ1) is 18.9. The smallest absolute Gasteiger partial charge is 0.244 e. The number of carbonyl (C=O) groups is 1. The molecule has 0 aliphatic carbocycles. The summed E-state index contributed by atoms with van der Waals surface area (Å²) in [4.78, 5) is 17.3. The maximum absolute atomic E-state index is 13.1. The van der Waals surface area contributed by atoms with Gasteiger partial charge in [0.1, 0.15) is 0 Å². The number of nitrogens with zero attached hydrogens (tertiary/aromatic N) is 2. The third kappa shape index (κ3) is 3.37. The molecule has 138 valence electrons. The van der Waals surface area contributed by atoms with Gasteiger partial charge in [-0.3, -0.25) is 9.69 Å². The Balaban J connectivity index is 0.00000196. The molecule has 0 aromatic heterocycles. The molecular formula is C21H26ClN3O. The van der Waals surface area contributed by atoms with Crippen LogP contribution in [0.4, 0.5) is 5.69 Å². The summed E-state index contributed by atoms with van der Waals surface area (Å²) in [7, 11) is 0. The number of carbonyl (C=O) groups excluding carboxylic acids is 1. The van der Waals surface area contributed by atoms with E-state index < -0.39 is 0 Å². The second kappa shape index (κ2) is 7.78. The maximum atomic E-state index is 13.1. The molecule has 2 N–H and O–H groups in total. The van der Waals surface area contributed by atoms with Gasteiger partial charge >= 0.3 is 0 Å². The van der Waals surface area contributed by atoms with Crippen molar-refractivity contribution in [1.82, 2.24) is 4.90 Å². The number of halogens is 1. The Hall–Kier alpha value is -1.88. The number of anilines is 1. The van der Waals surface area contributed by atoms with Crippen molar-refractivity contribution in [3.63, 3.8) is 0 Å². The minimum Gasteiger partial charge on any atom is -0.326 e. The van der Waals surface area contributed by atoms with Gasteiger partial charge in [-0.25, -0.2) is 0 Å². The fourth-order valence-electron chi connectivity index (χ4n) is 4.18. The highest BCUT2D eigenvalue weighted by molar-refractivity contribution is 5.98. The highest BCUT2D eigenvalue weighted by atomic mass is 35.5. The fraction of sp³-hybridized carbons (Fsp3) is 0.381. The highest BCUT2D eigenvalue weighted by Gasteiger charge is 2.38. The van der Waals surface area contributed by atoms with Crippen LogP contribution in [0.5, 0.6) is 0 Å². The minimum atomic E-state index is -0.147. The van der Waals surface area contributed by atoms with Gasteiger partial charge in [-0.2, -0.15) is 0 Å². The number of benzene rings is 2. The lowest BCUT2D eigenvalue weighted by Gasteiger charge is -2.28. The number of fused-ring (bicyclic) bond motifs is 1. The lowest BCUT2D eigenvalue weighted by molar-refractivity contribution is -0.122. The van der Waals surface area contributed by atoms with Crippen molar-refractivity contribution in [2.45, 2.75) is 31.3 Å².